The van der Waals surface area contributed by atoms with E-state index in [4.69, 9.17) is 9.47 Å². The molecule has 0 saturated heterocycles. The molecule has 1 saturated carbocycles. The molecule has 150 valence electrons. The number of amides is 1. The largest absolute Gasteiger partial charge is 0.483 e. The summed E-state index contributed by atoms with van der Waals surface area (Å²) in [6, 6.07) is 7.54. The van der Waals surface area contributed by atoms with Crippen LogP contribution in [-0.2, 0) is 20.7 Å². The number of benzene rings is 1. The van der Waals surface area contributed by atoms with E-state index < -0.39 is 5.54 Å². The van der Waals surface area contributed by atoms with Gasteiger partial charge in [0.15, 0.2) is 0 Å². The molecule has 1 fully saturated rings. The predicted molar refractivity (Wildman–Crippen MR) is 109 cm³/mol. The van der Waals surface area contributed by atoms with Crippen LogP contribution in [0.15, 0.2) is 24.3 Å². The number of esters is 1. The van der Waals surface area contributed by atoms with Gasteiger partial charge in [-0.15, -0.1) is 11.8 Å². The highest BCUT2D eigenvalue weighted by Crippen LogP contribution is 2.35. The Kier molecular flexibility index (Phi) is 8.48. The number of rotatable bonds is 9. The second-order valence-corrected chi connectivity index (χ2v) is 7.85. The van der Waals surface area contributed by atoms with E-state index in [1.54, 1.807) is 18.7 Å². The van der Waals surface area contributed by atoms with Crippen LogP contribution in [-0.4, -0.2) is 36.2 Å². The monoisotopic (exact) mass is 393 g/mol. The van der Waals surface area contributed by atoms with Crippen LogP contribution in [0.4, 0.5) is 0 Å². The highest BCUT2D eigenvalue weighted by atomic mass is 32.2. The lowest BCUT2D eigenvalue weighted by molar-refractivity contribution is -0.155. The molecule has 0 radical (unpaired) electrons. The fraction of sp³-hybridized carbons (Fsp3) is 0.619. The first-order valence-electron chi connectivity index (χ1n) is 9.72. The lowest BCUT2D eigenvalue weighted by atomic mass is 9.75. The van der Waals surface area contributed by atoms with Gasteiger partial charge in [0, 0.05) is 5.56 Å². The third-order valence-corrected chi connectivity index (χ3v) is 5.59. The lowest BCUT2D eigenvalue weighted by Gasteiger charge is -2.38. The first kappa shape index (κ1) is 21.6. The summed E-state index contributed by atoms with van der Waals surface area (Å²) in [5.41, 5.74) is -0.0707. The number of carbonyl (C=O) groups excluding carboxylic acids is 2. The quantitative estimate of drug-likeness (QED) is 0.508. The number of para-hydroxylation sites is 1. The van der Waals surface area contributed by atoms with Gasteiger partial charge in [-0.2, -0.15) is 0 Å². The standard InChI is InChI=1S/C21H31NO4S/c1-4-16-10-12-21(13-11-16,20(24)25-5-2)22-19(23)14-17-8-6-7-9-18(17)26-15-27-3/h6-9,16H,4-5,10-15H2,1-3H3,(H,22,23). The number of carbonyl (C=O) groups is 2. The average Bonchev–Trinajstić information content (AvgIpc) is 2.68. The van der Waals surface area contributed by atoms with Gasteiger partial charge >= 0.3 is 5.97 Å². The molecule has 0 spiro atoms. The summed E-state index contributed by atoms with van der Waals surface area (Å²) in [5, 5.41) is 3.02. The molecule has 1 amide bonds. The van der Waals surface area contributed by atoms with Crippen LogP contribution in [0.25, 0.3) is 0 Å². The van der Waals surface area contributed by atoms with Crippen LogP contribution in [0, 0.1) is 5.92 Å². The summed E-state index contributed by atoms with van der Waals surface area (Å²) in [6.45, 7) is 4.29. The maximum atomic E-state index is 12.8. The van der Waals surface area contributed by atoms with E-state index in [0.717, 1.165) is 24.8 Å². The Labute approximate surface area is 166 Å². The van der Waals surface area contributed by atoms with Crippen molar-refractivity contribution in [2.24, 2.45) is 5.92 Å². The number of ether oxygens (including phenoxy) is 2. The van der Waals surface area contributed by atoms with E-state index in [1.165, 1.54) is 0 Å². The highest BCUT2D eigenvalue weighted by Gasteiger charge is 2.44. The SMILES string of the molecule is CCOC(=O)C1(NC(=O)Cc2ccccc2OCSC)CCC(CC)CC1. The fourth-order valence-electron chi connectivity index (χ4n) is 3.63. The molecule has 1 aliphatic rings. The van der Waals surface area contributed by atoms with Gasteiger partial charge in [0.1, 0.15) is 17.2 Å². The summed E-state index contributed by atoms with van der Waals surface area (Å²) < 4.78 is 11.0. The zero-order valence-corrected chi connectivity index (χ0v) is 17.4. The van der Waals surface area contributed by atoms with Crippen molar-refractivity contribution in [1.82, 2.24) is 5.32 Å². The molecule has 0 bridgehead atoms. The number of nitrogens with one attached hydrogen (secondary N) is 1. The van der Waals surface area contributed by atoms with Gasteiger partial charge < -0.3 is 14.8 Å². The predicted octanol–water partition coefficient (Wildman–Crippen LogP) is 3.95. The Balaban J connectivity index is 2.09. The van der Waals surface area contributed by atoms with Crippen molar-refractivity contribution in [2.75, 3.05) is 18.8 Å². The van der Waals surface area contributed by atoms with Gasteiger partial charge in [-0.05, 0) is 50.8 Å². The van der Waals surface area contributed by atoms with Crippen molar-refractivity contribution in [3.8, 4) is 5.75 Å². The Morgan fingerprint density at radius 3 is 2.56 bits per heavy atom. The molecular formula is C21H31NO4S. The highest BCUT2D eigenvalue weighted by molar-refractivity contribution is 7.98. The van der Waals surface area contributed by atoms with Gasteiger partial charge in [-0.25, -0.2) is 4.79 Å². The van der Waals surface area contributed by atoms with Crippen LogP contribution < -0.4 is 10.1 Å². The molecular weight excluding hydrogens is 362 g/mol. The first-order chi connectivity index (χ1) is 13.0. The van der Waals surface area contributed by atoms with Crippen LogP contribution in [0.3, 0.4) is 0 Å². The number of thioether (sulfide) groups is 1. The molecule has 27 heavy (non-hydrogen) atoms. The fourth-order valence-corrected chi connectivity index (χ4v) is 3.87. The summed E-state index contributed by atoms with van der Waals surface area (Å²) in [5.74, 6) is 1.38. The minimum Gasteiger partial charge on any atom is -0.483 e. The van der Waals surface area contributed by atoms with Crippen molar-refractivity contribution < 1.29 is 19.1 Å². The van der Waals surface area contributed by atoms with E-state index in [1.807, 2.05) is 30.5 Å². The van der Waals surface area contributed by atoms with Crippen molar-refractivity contribution in [2.45, 2.75) is 57.9 Å². The molecule has 0 unspecified atom stereocenters. The van der Waals surface area contributed by atoms with Crippen LogP contribution in [0.2, 0.25) is 0 Å². The van der Waals surface area contributed by atoms with Crippen LogP contribution >= 0.6 is 11.8 Å². The van der Waals surface area contributed by atoms with Crippen LogP contribution in [0.5, 0.6) is 5.75 Å². The van der Waals surface area contributed by atoms with Gasteiger partial charge in [0.05, 0.1) is 13.0 Å². The van der Waals surface area contributed by atoms with E-state index in [-0.39, 0.29) is 18.3 Å². The first-order valence-corrected chi connectivity index (χ1v) is 11.1. The smallest absolute Gasteiger partial charge is 0.331 e. The molecule has 1 aromatic carbocycles. The molecule has 1 N–H and O–H groups in total. The molecule has 5 nitrogen and oxygen atoms in total. The normalized spacial score (nSPS) is 22.1. The van der Waals surface area contributed by atoms with Crippen LogP contribution in [0.1, 0.15) is 51.5 Å². The third kappa shape index (κ3) is 5.89. The number of hydrogen-bond acceptors (Lipinski definition) is 5. The third-order valence-electron chi connectivity index (χ3n) is 5.24. The Hall–Kier alpha value is -1.69. The number of hydrogen-bond donors (Lipinski definition) is 1. The van der Waals surface area contributed by atoms with Gasteiger partial charge in [0.2, 0.25) is 5.91 Å². The van der Waals surface area contributed by atoms with E-state index in [2.05, 4.69) is 12.2 Å². The summed E-state index contributed by atoms with van der Waals surface area (Å²) in [4.78, 5) is 25.4. The second-order valence-electron chi connectivity index (χ2n) is 7.04. The van der Waals surface area contributed by atoms with E-state index >= 15 is 0 Å². The topological polar surface area (TPSA) is 64.6 Å². The van der Waals surface area contributed by atoms with Crippen molar-refractivity contribution in [3.63, 3.8) is 0 Å². The maximum Gasteiger partial charge on any atom is 0.331 e. The zero-order chi connectivity index (χ0) is 19.7. The zero-order valence-electron chi connectivity index (χ0n) is 16.6. The molecule has 0 atom stereocenters. The average molecular weight is 394 g/mol. The minimum atomic E-state index is -0.895. The van der Waals surface area contributed by atoms with Crippen molar-refractivity contribution in [3.05, 3.63) is 29.8 Å². The molecule has 1 aromatic rings. The molecule has 1 aliphatic carbocycles. The summed E-state index contributed by atoms with van der Waals surface area (Å²) >= 11 is 1.58. The Morgan fingerprint density at radius 1 is 1.22 bits per heavy atom. The Bertz CT molecular complexity index is 626. The second kappa shape index (κ2) is 10.6. The van der Waals surface area contributed by atoms with E-state index in [0.29, 0.717) is 37.1 Å². The van der Waals surface area contributed by atoms with Crippen molar-refractivity contribution in [1.29, 1.82) is 0 Å². The maximum absolute atomic E-state index is 12.8. The Morgan fingerprint density at radius 2 is 1.93 bits per heavy atom. The van der Waals surface area contributed by atoms with E-state index in [9.17, 15) is 9.59 Å². The van der Waals surface area contributed by atoms with Gasteiger partial charge in [-0.3, -0.25) is 4.79 Å². The van der Waals surface area contributed by atoms with Crippen molar-refractivity contribution >= 4 is 23.6 Å². The molecule has 6 heteroatoms. The summed E-state index contributed by atoms with van der Waals surface area (Å²) in [7, 11) is 0. The molecule has 0 aliphatic heterocycles. The lowest BCUT2D eigenvalue weighted by Crippen LogP contribution is -2.57. The van der Waals surface area contributed by atoms with Gasteiger partial charge in [0.25, 0.3) is 0 Å². The summed E-state index contributed by atoms with van der Waals surface area (Å²) in [6.07, 6.45) is 6.40. The molecule has 0 aromatic heterocycles. The van der Waals surface area contributed by atoms with Gasteiger partial charge in [-0.1, -0.05) is 31.5 Å². The molecule has 0 heterocycles. The minimum absolute atomic E-state index is 0.168. The molecule has 2 rings (SSSR count).